The lowest BCUT2D eigenvalue weighted by molar-refractivity contribution is 0.414. The van der Waals surface area contributed by atoms with Crippen LogP contribution in [0.2, 0.25) is 0 Å². The van der Waals surface area contributed by atoms with Gasteiger partial charge in [0.25, 0.3) is 0 Å². The Bertz CT molecular complexity index is 766. The Labute approximate surface area is 168 Å². The molecule has 0 saturated carbocycles. The van der Waals surface area contributed by atoms with E-state index in [0.717, 1.165) is 36.9 Å². The largest absolute Gasteiger partial charge is 0.497 e. The molecule has 1 unspecified atom stereocenters. The van der Waals surface area contributed by atoms with E-state index in [1.165, 1.54) is 24.1 Å². The van der Waals surface area contributed by atoms with Crippen molar-refractivity contribution in [3.63, 3.8) is 0 Å². The fraction of sp³-hybridized carbons (Fsp3) is 0.435. The van der Waals surface area contributed by atoms with E-state index in [9.17, 15) is 0 Å². The average molecular weight is 381 g/mol. The molecule has 0 aromatic heterocycles. The van der Waals surface area contributed by atoms with Gasteiger partial charge in [-0.05, 0) is 62.1 Å². The Morgan fingerprint density at radius 1 is 1.14 bits per heavy atom. The number of anilines is 1. The van der Waals surface area contributed by atoms with Gasteiger partial charge in [-0.2, -0.15) is 0 Å². The molecule has 5 nitrogen and oxygen atoms in total. The Hall–Kier alpha value is -2.69. The molecule has 28 heavy (non-hydrogen) atoms. The fourth-order valence-electron chi connectivity index (χ4n) is 3.48. The summed E-state index contributed by atoms with van der Waals surface area (Å²) in [6.07, 6.45) is 2.58. The minimum absolute atomic E-state index is 0.177. The summed E-state index contributed by atoms with van der Waals surface area (Å²) in [5.41, 5.74) is 3.75. The molecule has 0 radical (unpaired) electrons. The average Bonchev–Trinajstić information content (AvgIpc) is 3.27. The molecule has 1 aliphatic rings. The maximum Gasteiger partial charge on any atom is 0.192 e. The van der Waals surface area contributed by atoms with Crippen LogP contribution in [0.4, 0.5) is 5.69 Å². The lowest BCUT2D eigenvalue weighted by Crippen LogP contribution is -2.38. The standard InChI is InChI=1S/C23H32N4O/c1-4-24-23(25-17-19-10-12-22(28-3)13-11-19)26-18(2)20-8-7-9-21(16-20)27-14-5-6-15-27/h7-13,16,18H,4-6,14-15,17H2,1-3H3,(H2,24,25,26). The van der Waals surface area contributed by atoms with Crippen molar-refractivity contribution in [2.45, 2.75) is 39.3 Å². The summed E-state index contributed by atoms with van der Waals surface area (Å²) in [4.78, 5) is 7.22. The zero-order chi connectivity index (χ0) is 19.8. The Morgan fingerprint density at radius 2 is 1.89 bits per heavy atom. The number of aliphatic imine (C=N–C) groups is 1. The molecule has 1 saturated heterocycles. The van der Waals surface area contributed by atoms with Gasteiger partial charge in [-0.1, -0.05) is 24.3 Å². The Morgan fingerprint density at radius 3 is 2.57 bits per heavy atom. The van der Waals surface area contributed by atoms with E-state index in [4.69, 9.17) is 9.73 Å². The third kappa shape index (κ3) is 5.41. The molecule has 0 spiro atoms. The number of nitrogens with zero attached hydrogens (tertiary/aromatic N) is 2. The first kappa shape index (κ1) is 20.1. The van der Waals surface area contributed by atoms with Gasteiger partial charge >= 0.3 is 0 Å². The van der Waals surface area contributed by atoms with Crippen molar-refractivity contribution in [3.8, 4) is 5.75 Å². The maximum atomic E-state index is 5.22. The van der Waals surface area contributed by atoms with Crippen LogP contribution in [0.15, 0.2) is 53.5 Å². The predicted octanol–water partition coefficient (Wildman–Crippen LogP) is 4.11. The van der Waals surface area contributed by atoms with Gasteiger partial charge in [-0.25, -0.2) is 4.99 Å². The van der Waals surface area contributed by atoms with Crippen LogP contribution >= 0.6 is 0 Å². The molecule has 0 bridgehead atoms. The molecule has 5 heteroatoms. The summed E-state index contributed by atoms with van der Waals surface area (Å²) in [6.45, 7) is 8.05. The first-order valence-electron chi connectivity index (χ1n) is 10.2. The van der Waals surface area contributed by atoms with Crippen LogP contribution in [0.25, 0.3) is 0 Å². The number of ether oxygens (including phenoxy) is 1. The Balaban J connectivity index is 1.66. The summed E-state index contributed by atoms with van der Waals surface area (Å²) in [5.74, 6) is 1.70. The highest BCUT2D eigenvalue weighted by molar-refractivity contribution is 5.80. The van der Waals surface area contributed by atoms with Gasteiger partial charge in [0.15, 0.2) is 5.96 Å². The van der Waals surface area contributed by atoms with Gasteiger partial charge in [0.05, 0.1) is 19.7 Å². The molecule has 1 fully saturated rings. The molecule has 2 aromatic carbocycles. The van der Waals surface area contributed by atoms with Crippen LogP contribution in [-0.2, 0) is 6.54 Å². The smallest absolute Gasteiger partial charge is 0.192 e. The summed E-state index contributed by atoms with van der Waals surface area (Å²) in [7, 11) is 1.68. The van der Waals surface area contributed by atoms with Gasteiger partial charge in [-0.15, -0.1) is 0 Å². The molecule has 2 N–H and O–H groups in total. The van der Waals surface area contributed by atoms with E-state index < -0.39 is 0 Å². The van der Waals surface area contributed by atoms with Crippen LogP contribution in [0, 0.1) is 0 Å². The molecule has 1 aliphatic heterocycles. The summed E-state index contributed by atoms with van der Waals surface area (Å²) in [5, 5.41) is 6.89. The summed E-state index contributed by atoms with van der Waals surface area (Å²) >= 11 is 0. The van der Waals surface area contributed by atoms with Crippen LogP contribution in [0.5, 0.6) is 5.75 Å². The van der Waals surface area contributed by atoms with Gasteiger partial charge in [0.1, 0.15) is 5.75 Å². The van der Waals surface area contributed by atoms with Crippen molar-refractivity contribution in [2.24, 2.45) is 4.99 Å². The van der Waals surface area contributed by atoms with Crippen LogP contribution in [0.1, 0.15) is 43.9 Å². The first-order valence-corrected chi connectivity index (χ1v) is 10.2. The normalized spacial score (nSPS) is 15.4. The number of hydrogen-bond donors (Lipinski definition) is 2. The van der Waals surface area contributed by atoms with E-state index >= 15 is 0 Å². The summed E-state index contributed by atoms with van der Waals surface area (Å²) in [6, 6.07) is 17.1. The van der Waals surface area contributed by atoms with Crippen molar-refractivity contribution in [1.82, 2.24) is 10.6 Å². The fourth-order valence-corrected chi connectivity index (χ4v) is 3.48. The number of rotatable bonds is 7. The number of benzene rings is 2. The summed E-state index contributed by atoms with van der Waals surface area (Å²) < 4.78 is 5.22. The molecule has 0 aliphatic carbocycles. The molecule has 0 amide bonds. The quantitative estimate of drug-likeness (QED) is 0.561. The van der Waals surface area contributed by atoms with E-state index in [0.29, 0.717) is 6.54 Å². The van der Waals surface area contributed by atoms with E-state index in [2.05, 4.69) is 65.8 Å². The highest BCUT2D eigenvalue weighted by atomic mass is 16.5. The number of methoxy groups -OCH3 is 1. The molecular formula is C23H32N4O. The van der Waals surface area contributed by atoms with Crippen molar-refractivity contribution < 1.29 is 4.74 Å². The van der Waals surface area contributed by atoms with Gasteiger partial charge in [0.2, 0.25) is 0 Å². The first-order chi connectivity index (χ1) is 13.7. The van der Waals surface area contributed by atoms with E-state index in [1.54, 1.807) is 7.11 Å². The van der Waals surface area contributed by atoms with Gasteiger partial charge in [0, 0.05) is 25.3 Å². The molecule has 2 aromatic rings. The highest BCUT2D eigenvalue weighted by Gasteiger charge is 2.14. The third-order valence-electron chi connectivity index (χ3n) is 5.12. The topological polar surface area (TPSA) is 48.9 Å². The van der Waals surface area contributed by atoms with Crippen LogP contribution in [-0.4, -0.2) is 32.7 Å². The second-order valence-electron chi connectivity index (χ2n) is 7.20. The SMILES string of the molecule is CCNC(=NCc1ccc(OC)cc1)NC(C)c1cccc(N2CCCC2)c1. The maximum absolute atomic E-state index is 5.22. The van der Waals surface area contributed by atoms with Crippen LogP contribution in [0.3, 0.4) is 0 Å². The number of nitrogens with one attached hydrogen (secondary N) is 2. The molecule has 3 rings (SSSR count). The van der Waals surface area contributed by atoms with E-state index in [-0.39, 0.29) is 6.04 Å². The second-order valence-corrected chi connectivity index (χ2v) is 7.20. The minimum atomic E-state index is 0.177. The van der Waals surface area contributed by atoms with Gasteiger partial charge in [-0.3, -0.25) is 0 Å². The van der Waals surface area contributed by atoms with Crippen LogP contribution < -0.4 is 20.3 Å². The lowest BCUT2D eigenvalue weighted by Gasteiger charge is -2.22. The minimum Gasteiger partial charge on any atom is -0.497 e. The van der Waals surface area contributed by atoms with Crippen molar-refractivity contribution in [3.05, 3.63) is 59.7 Å². The van der Waals surface area contributed by atoms with Crippen molar-refractivity contribution in [2.75, 3.05) is 31.6 Å². The number of guanidine groups is 1. The molecule has 1 atom stereocenters. The monoisotopic (exact) mass is 380 g/mol. The third-order valence-corrected chi connectivity index (χ3v) is 5.12. The second kappa shape index (κ2) is 10.0. The molecule has 150 valence electrons. The lowest BCUT2D eigenvalue weighted by atomic mass is 10.1. The van der Waals surface area contributed by atoms with E-state index in [1.807, 2.05) is 12.1 Å². The zero-order valence-corrected chi connectivity index (χ0v) is 17.2. The predicted molar refractivity (Wildman–Crippen MR) is 117 cm³/mol. The van der Waals surface area contributed by atoms with Crippen molar-refractivity contribution >= 4 is 11.6 Å². The highest BCUT2D eigenvalue weighted by Crippen LogP contribution is 2.24. The number of hydrogen-bond acceptors (Lipinski definition) is 3. The van der Waals surface area contributed by atoms with Crippen molar-refractivity contribution in [1.29, 1.82) is 0 Å². The Kier molecular flexibility index (Phi) is 7.18. The zero-order valence-electron chi connectivity index (χ0n) is 17.2. The molecular weight excluding hydrogens is 348 g/mol. The molecule has 1 heterocycles. The van der Waals surface area contributed by atoms with Gasteiger partial charge < -0.3 is 20.3 Å².